The molecular formula is C12H17N3O3. The van der Waals surface area contributed by atoms with E-state index in [2.05, 4.69) is 10.2 Å². The number of aliphatic carboxylic acids is 1. The van der Waals surface area contributed by atoms with Crippen molar-refractivity contribution in [3.05, 3.63) is 18.0 Å². The fourth-order valence-electron chi connectivity index (χ4n) is 2.38. The number of rotatable bonds is 3. The molecule has 1 aliphatic rings. The Kier molecular flexibility index (Phi) is 3.36. The van der Waals surface area contributed by atoms with E-state index in [1.807, 2.05) is 0 Å². The molecule has 0 aromatic carbocycles. The Labute approximate surface area is 105 Å². The third-order valence-electron chi connectivity index (χ3n) is 3.55. The molecule has 1 aromatic heterocycles. The van der Waals surface area contributed by atoms with Crippen LogP contribution in [0.25, 0.3) is 0 Å². The monoisotopic (exact) mass is 251 g/mol. The highest BCUT2D eigenvalue weighted by molar-refractivity contribution is 5.87. The Balaban J connectivity index is 2.14. The van der Waals surface area contributed by atoms with Crippen molar-refractivity contribution in [2.75, 3.05) is 6.54 Å². The highest BCUT2D eigenvalue weighted by Crippen LogP contribution is 2.28. The van der Waals surface area contributed by atoms with E-state index >= 15 is 0 Å². The molecule has 0 aliphatic carbocycles. The molecule has 1 aromatic rings. The van der Waals surface area contributed by atoms with E-state index < -0.39 is 11.5 Å². The van der Waals surface area contributed by atoms with Gasteiger partial charge in [0.05, 0.1) is 6.42 Å². The first-order valence-electron chi connectivity index (χ1n) is 6.06. The predicted octanol–water partition coefficient (Wildman–Crippen LogP) is 0.808. The Hall–Kier alpha value is -1.85. The average molecular weight is 251 g/mol. The molecule has 1 unspecified atom stereocenters. The van der Waals surface area contributed by atoms with Crippen molar-refractivity contribution in [1.29, 1.82) is 0 Å². The molecule has 2 rings (SSSR count). The second kappa shape index (κ2) is 4.80. The summed E-state index contributed by atoms with van der Waals surface area (Å²) >= 11 is 0. The summed E-state index contributed by atoms with van der Waals surface area (Å²) in [4.78, 5) is 25.1. The predicted molar refractivity (Wildman–Crippen MR) is 63.9 cm³/mol. The zero-order valence-corrected chi connectivity index (χ0v) is 10.3. The van der Waals surface area contributed by atoms with Crippen LogP contribution >= 0.6 is 0 Å². The maximum Gasteiger partial charge on any atom is 0.329 e. The topological polar surface area (TPSA) is 86.3 Å². The maximum absolute atomic E-state index is 12.2. The van der Waals surface area contributed by atoms with E-state index in [1.165, 1.54) is 4.90 Å². The van der Waals surface area contributed by atoms with Gasteiger partial charge in [-0.3, -0.25) is 9.89 Å². The van der Waals surface area contributed by atoms with E-state index in [0.717, 1.165) is 12.8 Å². The smallest absolute Gasteiger partial charge is 0.329 e. The molecule has 0 radical (unpaired) electrons. The summed E-state index contributed by atoms with van der Waals surface area (Å²) in [5.41, 5.74) is -0.367. The highest BCUT2D eigenvalue weighted by Gasteiger charge is 2.43. The molecule has 98 valence electrons. The van der Waals surface area contributed by atoms with Crippen molar-refractivity contribution in [1.82, 2.24) is 15.1 Å². The number of hydrogen-bond donors (Lipinski definition) is 2. The van der Waals surface area contributed by atoms with E-state index in [9.17, 15) is 14.7 Å². The van der Waals surface area contributed by atoms with Crippen molar-refractivity contribution in [2.24, 2.45) is 0 Å². The van der Waals surface area contributed by atoms with E-state index in [0.29, 0.717) is 18.7 Å². The quantitative estimate of drug-likeness (QED) is 0.832. The van der Waals surface area contributed by atoms with Crippen molar-refractivity contribution in [2.45, 2.75) is 38.1 Å². The highest BCUT2D eigenvalue weighted by atomic mass is 16.4. The van der Waals surface area contributed by atoms with Crippen LogP contribution in [0.5, 0.6) is 0 Å². The molecule has 0 saturated carbocycles. The van der Waals surface area contributed by atoms with Crippen molar-refractivity contribution in [3.63, 3.8) is 0 Å². The van der Waals surface area contributed by atoms with E-state index in [4.69, 9.17) is 0 Å². The number of hydrogen-bond acceptors (Lipinski definition) is 3. The number of H-pyrrole nitrogens is 1. The van der Waals surface area contributed by atoms with Crippen LogP contribution in [0.3, 0.4) is 0 Å². The normalized spacial score (nSPS) is 23.9. The number of aromatic nitrogens is 2. The van der Waals surface area contributed by atoms with Crippen molar-refractivity contribution in [3.8, 4) is 0 Å². The lowest BCUT2D eigenvalue weighted by Crippen LogP contribution is -2.57. The number of carbonyl (C=O) groups is 2. The first-order valence-corrected chi connectivity index (χ1v) is 6.06. The Morgan fingerprint density at radius 1 is 1.56 bits per heavy atom. The van der Waals surface area contributed by atoms with Crippen LogP contribution in [0.4, 0.5) is 0 Å². The van der Waals surface area contributed by atoms with Gasteiger partial charge in [0.15, 0.2) is 0 Å². The number of carboxylic acid groups (broad SMARTS) is 1. The summed E-state index contributed by atoms with van der Waals surface area (Å²) in [5, 5.41) is 15.8. The van der Waals surface area contributed by atoms with Gasteiger partial charge in [-0.25, -0.2) is 4.79 Å². The number of nitrogens with zero attached hydrogens (tertiary/aromatic N) is 2. The molecule has 18 heavy (non-hydrogen) atoms. The van der Waals surface area contributed by atoms with Gasteiger partial charge in [0.25, 0.3) is 0 Å². The lowest BCUT2D eigenvalue weighted by molar-refractivity contribution is -0.160. The van der Waals surface area contributed by atoms with Crippen LogP contribution in [0.15, 0.2) is 12.3 Å². The molecule has 0 spiro atoms. The Morgan fingerprint density at radius 3 is 2.94 bits per heavy atom. The summed E-state index contributed by atoms with van der Waals surface area (Å²) in [5.74, 6) is -1.09. The summed E-state index contributed by atoms with van der Waals surface area (Å²) in [6, 6.07) is 1.72. The molecule has 6 heteroatoms. The number of piperidine rings is 1. The first-order chi connectivity index (χ1) is 8.54. The van der Waals surface area contributed by atoms with Gasteiger partial charge in [-0.15, -0.1) is 0 Å². The Morgan fingerprint density at radius 2 is 2.33 bits per heavy atom. The minimum atomic E-state index is -1.07. The zero-order valence-electron chi connectivity index (χ0n) is 10.3. The molecule has 1 aliphatic heterocycles. The number of carbonyl (C=O) groups excluding carboxylic acids is 1. The van der Waals surface area contributed by atoms with Crippen molar-refractivity contribution < 1.29 is 14.7 Å². The summed E-state index contributed by atoms with van der Waals surface area (Å²) in [6.07, 6.45) is 3.96. The number of nitrogens with one attached hydrogen (secondary N) is 1. The third kappa shape index (κ3) is 2.23. The SMILES string of the molecule is CC1(C(=O)O)CCCCN1C(=O)Cc1ccn[nH]1. The van der Waals surface area contributed by atoms with Gasteiger partial charge in [0.2, 0.25) is 5.91 Å². The van der Waals surface area contributed by atoms with Crippen LogP contribution in [0.1, 0.15) is 31.9 Å². The minimum Gasteiger partial charge on any atom is -0.480 e. The molecule has 6 nitrogen and oxygen atoms in total. The summed E-state index contributed by atoms with van der Waals surface area (Å²) in [7, 11) is 0. The molecular weight excluding hydrogens is 234 g/mol. The number of carboxylic acids is 1. The lowest BCUT2D eigenvalue weighted by atomic mass is 9.88. The summed E-state index contributed by atoms with van der Waals surface area (Å²) in [6.45, 7) is 2.13. The molecule has 2 heterocycles. The van der Waals surface area contributed by atoms with Crippen LogP contribution in [0.2, 0.25) is 0 Å². The second-order valence-electron chi connectivity index (χ2n) is 4.84. The van der Waals surface area contributed by atoms with E-state index in [1.54, 1.807) is 19.2 Å². The number of likely N-dealkylation sites (tertiary alicyclic amines) is 1. The van der Waals surface area contributed by atoms with Crippen LogP contribution in [-0.4, -0.2) is 44.2 Å². The van der Waals surface area contributed by atoms with Gasteiger partial charge >= 0.3 is 5.97 Å². The van der Waals surface area contributed by atoms with Crippen LogP contribution in [-0.2, 0) is 16.0 Å². The Bertz CT molecular complexity index is 443. The van der Waals surface area contributed by atoms with Crippen molar-refractivity contribution >= 4 is 11.9 Å². The van der Waals surface area contributed by atoms with Crippen LogP contribution in [0, 0.1) is 0 Å². The third-order valence-corrected chi connectivity index (χ3v) is 3.55. The van der Waals surface area contributed by atoms with Crippen LogP contribution < -0.4 is 0 Å². The van der Waals surface area contributed by atoms with Gasteiger partial charge in [-0.05, 0) is 32.3 Å². The molecule has 2 N–H and O–H groups in total. The molecule has 1 fully saturated rings. The minimum absolute atomic E-state index is 0.163. The summed E-state index contributed by atoms with van der Waals surface area (Å²) < 4.78 is 0. The average Bonchev–Trinajstić information content (AvgIpc) is 2.82. The fourth-order valence-corrected chi connectivity index (χ4v) is 2.38. The number of aromatic amines is 1. The molecule has 1 atom stereocenters. The molecule has 1 amide bonds. The van der Waals surface area contributed by atoms with Gasteiger partial charge in [0, 0.05) is 18.4 Å². The largest absolute Gasteiger partial charge is 0.480 e. The maximum atomic E-state index is 12.2. The van der Waals surface area contributed by atoms with Gasteiger partial charge in [-0.1, -0.05) is 0 Å². The zero-order chi connectivity index (χ0) is 13.2. The van der Waals surface area contributed by atoms with Gasteiger partial charge in [0.1, 0.15) is 5.54 Å². The van der Waals surface area contributed by atoms with Gasteiger partial charge < -0.3 is 10.0 Å². The molecule has 1 saturated heterocycles. The second-order valence-corrected chi connectivity index (χ2v) is 4.84. The standard InChI is InChI=1S/C12H17N3O3/c1-12(11(17)18)5-2-3-7-15(12)10(16)8-9-4-6-13-14-9/h4,6H,2-3,5,7-8H2,1H3,(H,13,14)(H,17,18). The first kappa shape index (κ1) is 12.6. The molecule has 0 bridgehead atoms. The number of amides is 1. The van der Waals surface area contributed by atoms with E-state index in [-0.39, 0.29) is 12.3 Å². The fraction of sp³-hybridized carbons (Fsp3) is 0.583. The van der Waals surface area contributed by atoms with Gasteiger partial charge in [-0.2, -0.15) is 5.10 Å². The lowest BCUT2D eigenvalue weighted by Gasteiger charge is -2.41.